The summed E-state index contributed by atoms with van der Waals surface area (Å²) in [5, 5.41) is 8.52. The second kappa shape index (κ2) is 6.75. The van der Waals surface area contributed by atoms with Gasteiger partial charge in [-0.25, -0.2) is 9.97 Å². The number of aryl methyl sites for hydroxylation is 2. The summed E-state index contributed by atoms with van der Waals surface area (Å²) in [4.78, 5) is 8.99. The summed E-state index contributed by atoms with van der Waals surface area (Å²) in [5.41, 5.74) is 3.46. The Labute approximate surface area is 155 Å². The van der Waals surface area contributed by atoms with E-state index in [1.807, 2.05) is 30.8 Å². The van der Waals surface area contributed by atoms with Crippen LogP contribution in [0.25, 0.3) is 11.3 Å². The molecule has 0 aliphatic heterocycles. The molecule has 6 nitrogen and oxygen atoms in total. The molecule has 1 aliphatic rings. The van der Waals surface area contributed by atoms with Gasteiger partial charge in [0.25, 0.3) is 0 Å². The third kappa shape index (κ3) is 3.33. The van der Waals surface area contributed by atoms with E-state index in [9.17, 15) is 4.39 Å². The molecular formula is C18H21FN6S. The first-order valence-electron chi connectivity index (χ1n) is 8.70. The fraction of sp³-hybridized carbons (Fsp3) is 0.444. The van der Waals surface area contributed by atoms with Gasteiger partial charge in [-0.3, -0.25) is 9.07 Å². The standard InChI is InChI=1S/C18H21FN6S/c1-12-7-20-17(22-15-6-13(2)24-26-15)23-16(12)14-8-21-25(9-14)11-18(10-19)4-3-5-18/h6-9H,3-5,10-11H2,1-2H3,(H,20,22,23). The lowest BCUT2D eigenvalue weighted by atomic mass is 9.70. The van der Waals surface area contributed by atoms with Crippen molar-refractivity contribution in [1.82, 2.24) is 24.1 Å². The molecule has 3 aromatic heterocycles. The van der Waals surface area contributed by atoms with E-state index in [1.54, 1.807) is 12.4 Å². The molecule has 4 rings (SSSR count). The van der Waals surface area contributed by atoms with Crippen molar-refractivity contribution in [2.75, 3.05) is 12.0 Å². The zero-order valence-corrected chi connectivity index (χ0v) is 15.7. The number of aromatic nitrogens is 5. The Bertz CT molecular complexity index is 909. The lowest BCUT2D eigenvalue weighted by molar-refractivity contribution is 0.0648. The zero-order valence-electron chi connectivity index (χ0n) is 14.9. The van der Waals surface area contributed by atoms with Crippen LogP contribution in [0.4, 0.5) is 15.3 Å². The van der Waals surface area contributed by atoms with Crippen molar-refractivity contribution in [1.29, 1.82) is 0 Å². The molecule has 0 atom stereocenters. The van der Waals surface area contributed by atoms with Crippen molar-refractivity contribution < 1.29 is 4.39 Å². The van der Waals surface area contributed by atoms with Crippen LogP contribution in [0, 0.1) is 19.3 Å². The smallest absolute Gasteiger partial charge is 0.228 e. The molecule has 0 unspecified atom stereocenters. The molecule has 0 bridgehead atoms. The zero-order chi connectivity index (χ0) is 18.1. The first-order valence-corrected chi connectivity index (χ1v) is 9.47. The van der Waals surface area contributed by atoms with Gasteiger partial charge in [-0.1, -0.05) is 6.42 Å². The minimum Gasteiger partial charge on any atom is -0.314 e. The van der Waals surface area contributed by atoms with E-state index in [-0.39, 0.29) is 12.1 Å². The summed E-state index contributed by atoms with van der Waals surface area (Å²) in [6.07, 6.45) is 8.52. The van der Waals surface area contributed by atoms with E-state index in [0.29, 0.717) is 12.5 Å². The maximum absolute atomic E-state index is 13.4. The number of rotatable bonds is 6. The first kappa shape index (κ1) is 17.1. The summed E-state index contributed by atoms with van der Waals surface area (Å²) in [7, 11) is 0. The van der Waals surface area contributed by atoms with Crippen LogP contribution in [0.3, 0.4) is 0 Å². The molecule has 26 heavy (non-hydrogen) atoms. The predicted octanol–water partition coefficient (Wildman–Crippen LogP) is 4.30. The van der Waals surface area contributed by atoms with Crippen LogP contribution in [0.1, 0.15) is 30.5 Å². The minimum absolute atomic E-state index is 0.221. The van der Waals surface area contributed by atoms with Gasteiger partial charge in [0, 0.05) is 29.9 Å². The summed E-state index contributed by atoms with van der Waals surface area (Å²) < 4.78 is 19.5. The Balaban J connectivity index is 1.56. The predicted molar refractivity (Wildman–Crippen MR) is 100 cm³/mol. The van der Waals surface area contributed by atoms with E-state index < -0.39 is 0 Å². The monoisotopic (exact) mass is 372 g/mol. The van der Waals surface area contributed by atoms with Gasteiger partial charge in [-0.15, -0.1) is 0 Å². The number of anilines is 2. The topological polar surface area (TPSA) is 68.5 Å². The van der Waals surface area contributed by atoms with Gasteiger partial charge in [0.15, 0.2) is 0 Å². The molecule has 0 spiro atoms. The van der Waals surface area contributed by atoms with Crippen molar-refractivity contribution in [3.8, 4) is 11.3 Å². The highest BCUT2D eigenvalue weighted by atomic mass is 32.1. The molecule has 1 N–H and O–H groups in total. The summed E-state index contributed by atoms with van der Waals surface area (Å²) in [6.45, 7) is 4.27. The minimum atomic E-state index is -0.281. The number of hydrogen-bond donors (Lipinski definition) is 1. The Kier molecular flexibility index (Phi) is 4.44. The van der Waals surface area contributed by atoms with Crippen LogP contribution in [0.2, 0.25) is 0 Å². The lowest BCUT2D eigenvalue weighted by Crippen LogP contribution is -2.36. The van der Waals surface area contributed by atoms with Gasteiger partial charge in [0.1, 0.15) is 5.00 Å². The number of alkyl halides is 1. The molecule has 0 amide bonds. The van der Waals surface area contributed by atoms with Crippen LogP contribution in [-0.2, 0) is 6.54 Å². The maximum atomic E-state index is 13.4. The first-order chi connectivity index (χ1) is 12.6. The number of nitrogens with zero attached hydrogens (tertiary/aromatic N) is 5. The summed E-state index contributed by atoms with van der Waals surface area (Å²) >= 11 is 1.38. The SMILES string of the molecule is Cc1cc(Nc2ncc(C)c(-c3cnn(CC4(CF)CCC4)c3)n2)sn1. The van der Waals surface area contributed by atoms with Crippen LogP contribution >= 0.6 is 11.5 Å². The normalized spacial score (nSPS) is 15.7. The van der Waals surface area contributed by atoms with Crippen LogP contribution < -0.4 is 5.32 Å². The Morgan fingerprint density at radius 2 is 2.15 bits per heavy atom. The molecule has 0 saturated heterocycles. The molecule has 1 fully saturated rings. The van der Waals surface area contributed by atoms with Crippen molar-refractivity contribution in [3.63, 3.8) is 0 Å². The van der Waals surface area contributed by atoms with Gasteiger partial charge in [0.05, 0.1) is 24.3 Å². The van der Waals surface area contributed by atoms with E-state index in [2.05, 4.69) is 24.8 Å². The van der Waals surface area contributed by atoms with Crippen molar-refractivity contribution >= 4 is 22.5 Å². The van der Waals surface area contributed by atoms with Crippen LogP contribution in [-0.4, -0.2) is 30.8 Å². The molecule has 1 saturated carbocycles. The van der Waals surface area contributed by atoms with E-state index in [1.165, 1.54) is 11.5 Å². The number of hydrogen-bond acceptors (Lipinski definition) is 6. The van der Waals surface area contributed by atoms with Gasteiger partial charge in [-0.05, 0) is 49.9 Å². The molecule has 8 heteroatoms. The molecule has 0 aromatic carbocycles. The van der Waals surface area contributed by atoms with Crippen molar-refractivity contribution in [2.24, 2.45) is 5.41 Å². The highest BCUT2D eigenvalue weighted by Gasteiger charge is 2.37. The second-order valence-corrected chi connectivity index (χ2v) is 7.90. The highest BCUT2D eigenvalue weighted by Crippen LogP contribution is 2.42. The average Bonchev–Trinajstić information content (AvgIpc) is 3.22. The Morgan fingerprint density at radius 3 is 2.81 bits per heavy atom. The van der Waals surface area contributed by atoms with Gasteiger partial charge >= 0.3 is 0 Å². The van der Waals surface area contributed by atoms with Gasteiger partial charge < -0.3 is 5.32 Å². The summed E-state index contributed by atoms with van der Waals surface area (Å²) in [6, 6.07) is 1.96. The molecular weight excluding hydrogens is 351 g/mol. The molecule has 3 heterocycles. The highest BCUT2D eigenvalue weighted by molar-refractivity contribution is 7.10. The maximum Gasteiger partial charge on any atom is 0.228 e. The van der Waals surface area contributed by atoms with Crippen LogP contribution in [0.15, 0.2) is 24.7 Å². The second-order valence-electron chi connectivity index (χ2n) is 7.10. The fourth-order valence-electron chi connectivity index (χ4n) is 3.25. The average molecular weight is 372 g/mol. The van der Waals surface area contributed by atoms with E-state index >= 15 is 0 Å². The van der Waals surface area contributed by atoms with Gasteiger partial charge in [0.2, 0.25) is 5.95 Å². The van der Waals surface area contributed by atoms with Crippen molar-refractivity contribution in [3.05, 3.63) is 35.9 Å². The summed E-state index contributed by atoms with van der Waals surface area (Å²) in [5.74, 6) is 0.529. The molecule has 0 radical (unpaired) electrons. The largest absolute Gasteiger partial charge is 0.314 e. The number of halogens is 1. The quantitative estimate of drug-likeness (QED) is 0.699. The lowest BCUT2D eigenvalue weighted by Gasteiger charge is -2.39. The molecule has 136 valence electrons. The third-order valence-corrected chi connectivity index (χ3v) is 5.73. The van der Waals surface area contributed by atoms with E-state index in [0.717, 1.165) is 46.8 Å². The number of nitrogens with one attached hydrogen (secondary N) is 1. The fourth-order valence-corrected chi connectivity index (χ4v) is 3.91. The Hall–Kier alpha value is -2.35. The molecule has 3 aromatic rings. The third-order valence-electron chi connectivity index (χ3n) is 4.94. The van der Waals surface area contributed by atoms with Crippen molar-refractivity contribution in [2.45, 2.75) is 39.7 Å². The van der Waals surface area contributed by atoms with Gasteiger partial charge in [-0.2, -0.15) is 9.47 Å². The van der Waals surface area contributed by atoms with E-state index in [4.69, 9.17) is 0 Å². The molecule has 1 aliphatic carbocycles. The van der Waals surface area contributed by atoms with Crippen LogP contribution in [0.5, 0.6) is 0 Å². The Morgan fingerprint density at radius 1 is 1.31 bits per heavy atom.